The van der Waals surface area contributed by atoms with Crippen molar-refractivity contribution in [3.8, 4) is 0 Å². The Kier molecular flexibility index (Phi) is 14.8. The number of esters is 1. The molecule has 1 aliphatic heterocycles. The molecule has 1 heterocycles. The molecule has 0 saturated carbocycles. The Morgan fingerprint density at radius 1 is 0.786 bits per heavy atom. The van der Waals surface area contributed by atoms with Crippen molar-refractivity contribution < 1.29 is 9.53 Å². The van der Waals surface area contributed by atoms with Gasteiger partial charge >= 0.3 is 5.97 Å². The van der Waals surface area contributed by atoms with E-state index in [1.54, 1.807) is 0 Å². The van der Waals surface area contributed by atoms with E-state index in [-0.39, 0.29) is 11.6 Å². The minimum atomic E-state index is -0.310. The van der Waals surface area contributed by atoms with E-state index in [1.165, 1.54) is 83.5 Å². The number of piperidine rings is 1. The van der Waals surface area contributed by atoms with Gasteiger partial charge in [-0.15, -0.1) is 0 Å². The first kappa shape index (κ1) is 25.5. The van der Waals surface area contributed by atoms with Gasteiger partial charge in [0.2, 0.25) is 0 Å². The second kappa shape index (κ2) is 16.3. The third kappa shape index (κ3) is 12.8. The molecule has 0 amide bonds. The zero-order valence-electron chi connectivity index (χ0n) is 19.3. The maximum absolute atomic E-state index is 12.2. The van der Waals surface area contributed by atoms with Crippen molar-refractivity contribution in [2.75, 3.05) is 13.1 Å². The SMILES string of the molecule is CCCCCCCCCCCCCCCCC(=O)OC(C)(C)C1CCNCC1. The van der Waals surface area contributed by atoms with E-state index in [0.717, 1.165) is 32.4 Å². The average molecular weight is 396 g/mol. The molecule has 0 aromatic rings. The van der Waals surface area contributed by atoms with Crippen molar-refractivity contribution in [2.24, 2.45) is 5.92 Å². The van der Waals surface area contributed by atoms with Gasteiger partial charge in [-0.05, 0) is 46.2 Å². The third-order valence-corrected chi connectivity index (χ3v) is 6.43. The zero-order valence-corrected chi connectivity index (χ0v) is 19.3. The highest BCUT2D eigenvalue weighted by molar-refractivity contribution is 5.69. The molecule has 1 saturated heterocycles. The molecule has 3 heteroatoms. The lowest BCUT2D eigenvalue weighted by Gasteiger charge is -2.36. The quantitative estimate of drug-likeness (QED) is 0.209. The number of hydrogen-bond acceptors (Lipinski definition) is 3. The first-order chi connectivity index (χ1) is 13.6. The lowest BCUT2D eigenvalue weighted by molar-refractivity contribution is -0.162. The van der Waals surface area contributed by atoms with E-state index in [0.29, 0.717) is 12.3 Å². The molecule has 0 aromatic carbocycles. The van der Waals surface area contributed by atoms with Gasteiger partial charge in [-0.1, -0.05) is 90.4 Å². The van der Waals surface area contributed by atoms with Gasteiger partial charge in [0.1, 0.15) is 5.60 Å². The summed E-state index contributed by atoms with van der Waals surface area (Å²) in [5.41, 5.74) is -0.310. The lowest BCUT2D eigenvalue weighted by Crippen LogP contribution is -2.42. The molecule has 1 fully saturated rings. The van der Waals surface area contributed by atoms with Crippen molar-refractivity contribution in [3.05, 3.63) is 0 Å². The molecule has 0 atom stereocenters. The van der Waals surface area contributed by atoms with Crippen LogP contribution in [0.15, 0.2) is 0 Å². The summed E-state index contributed by atoms with van der Waals surface area (Å²) in [4.78, 5) is 12.2. The van der Waals surface area contributed by atoms with E-state index in [2.05, 4.69) is 26.1 Å². The standard InChI is InChI=1S/C25H49NO2/c1-4-5-6-7-8-9-10-11-12-13-14-15-16-17-18-24(27)28-25(2,3)23-19-21-26-22-20-23/h23,26H,4-22H2,1-3H3. The van der Waals surface area contributed by atoms with Gasteiger partial charge in [-0.25, -0.2) is 0 Å². The monoisotopic (exact) mass is 395 g/mol. The van der Waals surface area contributed by atoms with Crippen LogP contribution in [0.3, 0.4) is 0 Å². The Balaban J connectivity index is 1.88. The van der Waals surface area contributed by atoms with Crippen molar-refractivity contribution >= 4 is 5.97 Å². The fourth-order valence-corrected chi connectivity index (χ4v) is 4.41. The highest BCUT2D eigenvalue weighted by atomic mass is 16.6. The summed E-state index contributed by atoms with van der Waals surface area (Å²) in [5.74, 6) is 0.497. The van der Waals surface area contributed by atoms with E-state index in [9.17, 15) is 4.79 Å². The van der Waals surface area contributed by atoms with Gasteiger partial charge in [0.15, 0.2) is 0 Å². The van der Waals surface area contributed by atoms with Crippen LogP contribution in [0.4, 0.5) is 0 Å². The van der Waals surface area contributed by atoms with Gasteiger partial charge in [0.25, 0.3) is 0 Å². The molecular formula is C25H49NO2. The number of unbranched alkanes of at least 4 members (excludes halogenated alkanes) is 13. The minimum Gasteiger partial charge on any atom is -0.459 e. The first-order valence-electron chi connectivity index (χ1n) is 12.5. The van der Waals surface area contributed by atoms with Crippen molar-refractivity contribution in [1.82, 2.24) is 5.32 Å². The Morgan fingerprint density at radius 2 is 1.21 bits per heavy atom. The van der Waals surface area contributed by atoms with Crippen LogP contribution in [-0.4, -0.2) is 24.7 Å². The zero-order chi connectivity index (χ0) is 20.5. The van der Waals surface area contributed by atoms with Gasteiger partial charge in [-0.3, -0.25) is 4.79 Å². The molecule has 0 aliphatic carbocycles. The molecule has 0 bridgehead atoms. The Bertz CT molecular complexity index is 375. The maximum Gasteiger partial charge on any atom is 0.306 e. The Hall–Kier alpha value is -0.570. The summed E-state index contributed by atoms with van der Waals surface area (Å²) < 4.78 is 5.82. The van der Waals surface area contributed by atoms with Crippen LogP contribution in [0.25, 0.3) is 0 Å². The van der Waals surface area contributed by atoms with Gasteiger partial charge in [0.05, 0.1) is 0 Å². The minimum absolute atomic E-state index is 0.00229. The van der Waals surface area contributed by atoms with Crippen LogP contribution in [0, 0.1) is 5.92 Å². The average Bonchev–Trinajstić information content (AvgIpc) is 2.68. The molecule has 1 aliphatic rings. The fourth-order valence-electron chi connectivity index (χ4n) is 4.41. The molecular weight excluding hydrogens is 346 g/mol. The summed E-state index contributed by atoms with van der Waals surface area (Å²) in [7, 11) is 0. The van der Waals surface area contributed by atoms with Crippen LogP contribution in [0.1, 0.15) is 130 Å². The number of nitrogens with one attached hydrogen (secondary N) is 1. The van der Waals surface area contributed by atoms with Gasteiger partial charge < -0.3 is 10.1 Å². The summed E-state index contributed by atoms with van der Waals surface area (Å²) in [5, 5.41) is 3.38. The van der Waals surface area contributed by atoms with Crippen LogP contribution >= 0.6 is 0 Å². The molecule has 0 aromatic heterocycles. The first-order valence-corrected chi connectivity index (χ1v) is 12.5. The second-order valence-electron chi connectivity index (χ2n) is 9.45. The van der Waals surface area contributed by atoms with Crippen LogP contribution in [-0.2, 0) is 9.53 Å². The molecule has 0 spiro atoms. The molecule has 28 heavy (non-hydrogen) atoms. The number of rotatable bonds is 17. The highest BCUT2D eigenvalue weighted by Crippen LogP contribution is 2.29. The molecule has 0 radical (unpaired) electrons. The smallest absolute Gasteiger partial charge is 0.306 e. The van der Waals surface area contributed by atoms with Crippen LogP contribution in [0.2, 0.25) is 0 Å². The lowest BCUT2D eigenvalue weighted by atomic mass is 9.83. The number of hydrogen-bond donors (Lipinski definition) is 1. The number of ether oxygens (including phenoxy) is 1. The Labute approximate surface area is 175 Å². The van der Waals surface area contributed by atoms with Crippen molar-refractivity contribution in [3.63, 3.8) is 0 Å². The number of carbonyl (C=O) groups is 1. The predicted octanol–water partition coefficient (Wildman–Crippen LogP) is 7.18. The van der Waals surface area contributed by atoms with Gasteiger partial charge in [0, 0.05) is 12.3 Å². The van der Waals surface area contributed by atoms with E-state index in [4.69, 9.17) is 4.74 Å². The topological polar surface area (TPSA) is 38.3 Å². The fraction of sp³-hybridized carbons (Fsp3) is 0.960. The van der Waals surface area contributed by atoms with Crippen LogP contribution in [0.5, 0.6) is 0 Å². The summed E-state index contributed by atoms with van der Waals surface area (Å²) in [6.45, 7) is 8.55. The van der Waals surface area contributed by atoms with E-state index < -0.39 is 0 Å². The number of carbonyl (C=O) groups excluding carboxylic acids is 1. The molecule has 3 nitrogen and oxygen atoms in total. The second-order valence-corrected chi connectivity index (χ2v) is 9.45. The molecule has 1 N–H and O–H groups in total. The van der Waals surface area contributed by atoms with Gasteiger partial charge in [-0.2, -0.15) is 0 Å². The third-order valence-electron chi connectivity index (χ3n) is 6.43. The molecule has 166 valence electrons. The van der Waals surface area contributed by atoms with E-state index >= 15 is 0 Å². The predicted molar refractivity (Wildman–Crippen MR) is 121 cm³/mol. The largest absolute Gasteiger partial charge is 0.459 e. The summed E-state index contributed by atoms with van der Waals surface area (Å²) >= 11 is 0. The Morgan fingerprint density at radius 3 is 1.68 bits per heavy atom. The van der Waals surface area contributed by atoms with Crippen molar-refractivity contribution in [2.45, 2.75) is 136 Å². The highest BCUT2D eigenvalue weighted by Gasteiger charge is 2.33. The van der Waals surface area contributed by atoms with E-state index in [1.807, 2.05) is 0 Å². The summed E-state index contributed by atoms with van der Waals surface area (Å²) in [6, 6.07) is 0. The molecule has 0 unspecified atom stereocenters. The van der Waals surface area contributed by atoms with Crippen LogP contribution < -0.4 is 5.32 Å². The normalized spacial score (nSPS) is 15.7. The van der Waals surface area contributed by atoms with Crippen molar-refractivity contribution in [1.29, 1.82) is 0 Å². The molecule has 1 rings (SSSR count). The maximum atomic E-state index is 12.2. The summed E-state index contributed by atoms with van der Waals surface area (Å²) in [6.07, 6.45) is 21.6.